The Balaban J connectivity index is 1.85. The SMILES string of the molecule is Oc1ccc(C2CC3NC=CC=C3S2)cc1O. The number of phenols is 2. The summed E-state index contributed by atoms with van der Waals surface area (Å²) in [5.74, 6) is -0.105. The lowest BCUT2D eigenvalue weighted by Gasteiger charge is -2.13. The number of hydrogen-bond donors (Lipinski definition) is 3. The van der Waals surface area contributed by atoms with Crippen molar-refractivity contribution in [1.82, 2.24) is 5.32 Å². The number of allylic oxidation sites excluding steroid dienone is 2. The highest BCUT2D eigenvalue weighted by Gasteiger charge is 2.31. The third-order valence-corrected chi connectivity index (χ3v) is 4.54. The van der Waals surface area contributed by atoms with Crippen LogP contribution in [0.5, 0.6) is 11.5 Å². The molecule has 17 heavy (non-hydrogen) atoms. The average molecular weight is 247 g/mol. The fourth-order valence-corrected chi connectivity index (χ4v) is 3.58. The highest BCUT2D eigenvalue weighted by atomic mass is 32.2. The van der Waals surface area contributed by atoms with Crippen LogP contribution in [0, 0.1) is 0 Å². The van der Waals surface area contributed by atoms with Crippen molar-refractivity contribution in [3.8, 4) is 11.5 Å². The lowest BCUT2D eigenvalue weighted by atomic mass is 10.0. The van der Waals surface area contributed by atoms with Gasteiger partial charge in [-0.25, -0.2) is 0 Å². The van der Waals surface area contributed by atoms with E-state index in [-0.39, 0.29) is 11.5 Å². The normalized spacial score (nSPS) is 26.2. The molecule has 2 atom stereocenters. The second-order valence-electron chi connectivity index (χ2n) is 4.24. The van der Waals surface area contributed by atoms with Gasteiger partial charge in [0.25, 0.3) is 0 Å². The predicted molar refractivity (Wildman–Crippen MR) is 68.9 cm³/mol. The van der Waals surface area contributed by atoms with Crippen molar-refractivity contribution >= 4 is 11.8 Å². The average Bonchev–Trinajstić information content (AvgIpc) is 2.76. The molecule has 0 spiro atoms. The maximum atomic E-state index is 9.52. The summed E-state index contributed by atoms with van der Waals surface area (Å²) in [6, 6.07) is 5.47. The van der Waals surface area contributed by atoms with Gasteiger partial charge in [-0.05, 0) is 42.5 Å². The van der Waals surface area contributed by atoms with E-state index in [2.05, 4.69) is 11.4 Å². The van der Waals surface area contributed by atoms with Crippen molar-refractivity contribution in [1.29, 1.82) is 0 Å². The Kier molecular flexibility index (Phi) is 2.52. The second kappa shape index (κ2) is 4.04. The van der Waals surface area contributed by atoms with Gasteiger partial charge in [0, 0.05) is 10.2 Å². The van der Waals surface area contributed by atoms with Crippen molar-refractivity contribution in [2.24, 2.45) is 0 Å². The van der Waals surface area contributed by atoms with E-state index in [1.165, 1.54) is 4.91 Å². The molecule has 2 heterocycles. The van der Waals surface area contributed by atoms with Gasteiger partial charge in [-0.2, -0.15) is 0 Å². The minimum Gasteiger partial charge on any atom is -0.504 e. The molecule has 1 aromatic carbocycles. The molecule has 2 unspecified atom stereocenters. The first kappa shape index (κ1) is 10.6. The Morgan fingerprint density at radius 2 is 2.12 bits per heavy atom. The van der Waals surface area contributed by atoms with E-state index in [1.54, 1.807) is 12.1 Å². The molecule has 0 aromatic heterocycles. The predicted octanol–water partition coefficient (Wildman–Crippen LogP) is 2.65. The number of hydrogen-bond acceptors (Lipinski definition) is 4. The van der Waals surface area contributed by atoms with Gasteiger partial charge >= 0.3 is 0 Å². The zero-order valence-corrected chi connectivity index (χ0v) is 9.95. The summed E-state index contributed by atoms with van der Waals surface area (Å²) in [5.41, 5.74) is 1.06. The maximum Gasteiger partial charge on any atom is 0.157 e. The van der Waals surface area contributed by atoms with Crippen LogP contribution in [0.3, 0.4) is 0 Å². The van der Waals surface area contributed by atoms with E-state index in [0.717, 1.165) is 12.0 Å². The molecule has 2 aliphatic heterocycles. The molecule has 0 saturated carbocycles. The molecule has 0 radical (unpaired) electrons. The Hall–Kier alpha value is -1.55. The van der Waals surface area contributed by atoms with E-state index < -0.39 is 0 Å². The lowest BCUT2D eigenvalue weighted by molar-refractivity contribution is 0.403. The molecule has 3 N–H and O–H groups in total. The van der Waals surface area contributed by atoms with E-state index in [1.807, 2.05) is 30.1 Å². The Morgan fingerprint density at radius 1 is 1.24 bits per heavy atom. The van der Waals surface area contributed by atoms with Crippen LogP contribution in [-0.2, 0) is 0 Å². The molecule has 3 nitrogen and oxygen atoms in total. The van der Waals surface area contributed by atoms with Crippen molar-refractivity contribution in [3.05, 3.63) is 47.0 Å². The van der Waals surface area contributed by atoms with Gasteiger partial charge in [0.2, 0.25) is 0 Å². The summed E-state index contributed by atoms with van der Waals surface area (Å²) in [6.45, 7) is 0. The van der Waals surface area contributed by atoms with Crippen molar-refractivity contribution < 1.29 is 10.2 Å². The molecular formula is C13H13NO2S. The summed E-state index contributed by atoms with van der Waals surface area (Å²) in [6.07, 6.45) is 7.11. The minimum absolute atomic E-state index is 0.0435. The third-order valence-electron chi connectivity index (χ3n) is 3.10. The van der Waals surface area contributed by atoms with Crippen LogP contribution < -0.4 is 5.32 Å². The van der Waals surface area contributed by atoms with Gasteiger partial charge in [0.1, 0.15) is 0 Å². The van der Waals surface area contributed by atoms with E-state index in [0.29, 0.717) is 11.3 Å². The van der Waals surface area contributed by atoms with Gasteiger partial charge in [-0.3, -0.25) is 0 Å². The fraction of sp³-hybridized carbons (Fsp3) is 0.231. The number of thioether (sulfide) groups is 1. The Morgan fingerprint density at radius 3 is 2.88 bits per heavy atom. The van der Waals surface area contributed by atoms with Gasteiger partial charge in [0.05, 0.1) is 6.04 Å². The highest BCUT2D eigenvalue weighted by Crippen LogP contribution is 2.49. The van der Waals surface area contributed by atoms with E-state index in [9.17, 15) is 10.2 Å². The van der Waals surface area contributed by atoms with Gasteiger partial charge in [0.15, 0.2) is 11.5 Å². The quantitative estimate of drug-likeness (QED) is 0.668. The van der Waals surface area contributed by atoms with Crippen LogP contribution >= 0.6 is 11.8 Å². The number of dihydropyridines is 1. The molecule has 1 fully saturated rings. The number of rotatable bonds is 1. The molecule has 0 bridgehead atoms. The summed E-state index contributed by atoms with van der Waals surface area (Å²) in [5, 5.41) is 22.5. The van der Waals surface area contributed by atoms with Crippen LogP contribution in [-0.4, -0.2) is 16.3 Å². The summed E-state index contributed by atoms with van der Waals surface area (Å²) >= 11 is 1.82. The second-order valence-corrected chi connectivity index (χ2v) is 5.51. The zero-order chi connectivity index (χ0) is 11.8. The monoisotopic (exact) mass is 247 g/mol. The van der Waals surface area contributed by atoms with E-state index >= 15 is 0 Å². The minimum atomic E-state index is -0.0619. The highest BCUT2D eigenvalue weighted by molar-refractivity contribution is 8.03. The van der Waals surface area contributed by atoms with Crippen molar-refractivity contribution in [2.45, 2.75) is 17.7 Å². The van der Waals surface area contributed by atoms with Gasteiger partial charge in [-0.1, -0.05) is 6.07 Å². The molecule has 0 aliphatic carbocycles. The molecule has 88 valence electrons. The summed E-state index contributed by atoms with van der Waals surface area (Å²) < 4.78 is 0. The fourth-order valence-electron chi connectivity index (χ4n) is 2.19. The maximum absolute atomic E-state index is 9.52. The smallest absolute Gasteiger partial charge is 0.157 e. The van der Waals surface area contributed by atoms with Crippen LogP contribution in [0.15, 0.2) is 41.5 Å². The van der Waals surface area contributed by atoms with Crippen LogP contribution in [0.25, 0.3) is 0 Å². The largest absolute Gasteiger partial charge is 0.504 e. The number of benzene rings is 1. The molecular weight excluding hydrogens is 234 g/mol. The van der Waals surface area contributed by atoms with Gasteiger partial charge in [-0.15, -0.1) is 11.8 Å². The molecule has 1 saturated heterocycles. The summed E-state index contributed by atoms with van der Waals surface area (Å²) in [4.78, 5) is 1.34. The molecule has 0 amide bonds. The first-order valence-corrected chi connectivity index (χ1v) is 6.43. The van der Waals surface area contributed by atoms with Crippen LogP contribution in [0.1, 0.15) is 17.2 Å². The van der Waals surface area contributed by atoms with Crippen LogP contribution in [0.4, 0.5) is 0 Å². The first-order chi connectivity index (χ1) is 8.24. The molecule has 2 aliphatic rings. The number of fused-ring (bicyclic) bond motifs is 1. The number of phenolic OH excluding ortho intramolecular Hbond substituents is 2. The number of nitrogens with one attached hydrogen (secondary N) is 1. The first-order valence-electron chi connectivity index (χ1n) is 5.55. The third kappa shape index (κ3) is 1.89. The molecule has 4 heteroatoms. The van der Waals surface area contributed by atoms with Gasteiger partial charge < -0.3 is 15.5 Å². The molecule has 3 rings (SSSR count). The standard InChI is InChI=1S/C13H13NO2S/c15-10-4-3-8(6-11(10)16)13-7-9-12(17-13)2-1-5-14-9/h1-6,9,13-16H,7H2. The molecule has 1 aromatic rings. The Labute approximate surface area is 104 Å². The topological polar surface area (TPSA) is 52.5 Å². The van der Waals surface area contributed by atoms with Crippen molar-refractivity contribution in [3.63, 3.8) is 0 Å². The number of aromatic hydroxyl groups is 2. The van der Waals surface area contributed by atoms with Crippen molar-refractivity contribution in [2.75, 3.05) is 0 Å². The lowest BCUT2D eigenvalue weighted by Crippen LogP contribution is -2.23. The zero-order valence-electron chi connectivity index (χ0n) is 9.13. The van der Waals surface area contributed by atoms with E-state index in [4.69, 9.17) is 0 Å². The summed E-state index contributed by atoms with van der Waals surface area (Å²) in [7, 11) is 0. The van der Waals surface area contributed by atoms with Crippen LogP contribution in [0.2, 0.25) is 0 Å². The Bertz CT molecular complexity index is 510.